The van der Waals surface area contributed by atoms with Gasteiger partial charge >= 0.3 is 0 Å². The molecule has 0 atom stereocenters. The van der Waals surface area contributed by atoms with Crippen LogP contribution in [0.2, 0.25) is 0 Å². The Morgan fingerprint density at radius 3 is 1.86 bits per heavy atom. The van der Waals surface area contributed by atoms with Gasteiger partial charge in [0, 0.05) is 17.1 Å². The van der Waals surface area contributed by atoms with Crippen molar-refractivity contribution >= 4 is 61.0 Å². The molecule has 0 N–H and O–H groups in total. The second-order valence-electron chi connectivity index (χ2n) is 2.24. The van der Waals surface area contributed by atoms with Gasteiger partial charge in [-0.25, -0.2) is 0 Å². The van der Waals surface area contributed by atoms with Crippen molar-refractivity contribution in [2.75, 3.05) is 0 Å². The molecule has 0 amide bonds. The van der Waals surface area contributed by atoms with Gasteiger partial charge in [0.15, 0.2) is 0 Å². The molecule has 0 saturated carbocycles. The molecule has 1 saturated heterocycles. The molecular weight excluding hydrogens is 204 g/mol. The smallest absolute Gasteiger partial charge is 0.104 e. The first kappa shape index (κ1) is 6.71. The Morgan fingerprint density at radius 1 is 1.00 bits per heavy atom. The zero-order valence-corrected chi connectivity index (χ0v) is 13.5. The molecule has 1 heterocycles. The van der Waals surface area contributed by atoms with Crippen LogP contribution in [0.3, 0.4) is 0 Å². The quantitative estimate of drug-likeness (QED) is 0.282. The molecule has 1 aliphatic rings. The van der Waals surface area contributed by atoms with Crippen LogP contribution in [0, 0.1) is 0 Å². The maximum absolute atomic E-state index is 6.17. The van der Waals surface area contributed by atoms with E-state index in [1.165, 1.54) is 0 Å². The molecule has 0 radical (unpaired) electrons. The predicted octanol–water partition coefficient (Wildman–Crippen LogP) is -4.54. The largest absolute Gasteiger partial charge is 0.180 e. The van der Waals surface area contributed by atoms with E-state index in [1.807, 2.05) is 0 Å². The summed E-state index contributed by atoms with van der Waals surface area (Å²) in [4.78, 5) is 0. The van der Waals surface area contributed by atoms with Crippen LogP contribution in [0.1, 0.15) is 0 Å². The third-order valence-corrected chi connectivity index (χ3v) is 124. The zero-order chi connectivity index (χ0) is 5.11. The zero-order valence-electron chi connectivity index (χ0n) is 4.49. The molecule has 0 aliphatic carbocycles. The van der Waals surface area contributed by atoms with Gasteiger partial charge in [-0.3, -0.25) is 0 Å². The van der Waals surface area contributed by atoms with Crippen molar-refractivity contribution in [2.45, 2.75) is 0 Å². The fraction of sp³-hybridized carbons (Fsp3) is 0. The molecule has 0 unspecified atom stereocenters. The normalized spacial score (nSPS) is 50.1. The van der Waals surface area contributed by atoms with Crippen LogP contribution in [0.15, 0.2) is 0 Å². The minimum Gasteiger partial charge on any atom is -0.180 e. The van der Waals surface area contributed by atoms with Crippen LogP contribution in [-0.4, -0.2) is 49.9 Å². The van der Waals surface area contributed by atoms with Crippen LogP contribution < -0.4 is 0 Å². The Balaban J connectivity index is 2.12. The third-order valence-electron chi connectivity index (χ3n) is 1.53. The lowest BCUT2D eigenvalue weighted by atomic mass is 26.1. The highest BCUT2D eigenvalue weighted by Gasteiger charge is 2.12. The Hall–Kier alpha value is 1.59. The van der Waals surface area contributed by atoms with Crippen molar-refractivity contribution in [1.82, 2.24) is 0 Å². The number of hydrogen-bond donors (Lipinski definition) is 0. The van der Waals surface area contributed by atoms with Crippen molar-refractivity contribution in [3.05, 3.63) is 0 Å². The topological polar surface area (TPSA) is 0 Å². The average Bonchev–Trinajstić information content (AvgIpc) is 1.69. The van der Waals surface area contributed by atoms with E-state index >= 15 is 0 Å². The molecule has 1 aliphatic heterocycles. The lowest BCUT2D eigenvalue weighted by Gasteiger charge is -2.08. The molecule has 0 aromatic rings. The van der Waals surface area contributed by atoms with Crippen LogP contribution in [0.4, 0.5) is 0 Å². The van der Waals surface area contributed by atoms with E-state index < -0.39 is 0 Å². The minimum absolute atomic E-state index is 0.186. The monoisotopic (exact) mass is 214 g/mol. The van der Waals surface area contributed by atoms with Gasteiger partial charge < -0.3 is 0 Å². The first-order valence-electron chi connectivity index (χ1n) is 3.03. The Kier molecular flexibility index (Phi) is 3.44. The number of hydrogen-bond acceptors (Lipinski definition) is 0. The minimum atomic E-state index is -0.186. The van der Waals surface area contributed by atoms with Gasteiger partial charge in [-0.2, -0.15) is 11.1 Å². The fourth-order valence-corrected chi connectivity index (χ4v) is 256. The second kappa shape index (κ2) is 3.59. The molecule has 42 valence electrons. The maximum atomic E-state index is 6.17. The summed E-state index contributed by atoms with van der Waals surface area (Å²) in [6, 6.07) is 0. The Bertz CT molecular complexity index is 46.1. The highest BCUT2D eigenvalue weighted by Crippen LogP contribution is 1.85. The van der Waals surface area contributed by atoms with Gasteiger partial charge in [0.05, 0.1) is 0 Å². The van der Waals surface area contributed by atoms with Crippen molar-refractivity contribution in [2.24, 2.45) is 0 Å². The lowest BCUT2D eigenvalue weighted by Crippen LogP contribution is -2.44. The highest BCUT2D eigenvalue weighted by atomic mass is 35.6. The van der Waals surface area contributed by atoms with Gasteiger partial charge in [0.2, 0.25) is 0 Å². The first-order chi connectivity index (χ1) is 3.39. The standard InChI is InChI=1S/ClH11Si6/c1-7-5-3-2-4-6-7/h7H,2-6H2. The molecule has 0 bridgehead atoms. The van der Waals surface area contributed by atoms with Gasteiger partial charge in [-0.05, 0) is 25.7 Å². The van der Waals surface area contributed by atoms with Crippen LogP contribution in [0.25, 0.3) is 0 Å². The summed E-state index contributed by atoms with van der Waals surface area (Å²) < 4.78 is 0. The van der Waals surface area contributed by atoms with E-state index in [0.717, 1.165) is 25.7 Å². The molecule has 7 heavy (non-hydrogen) atoms. The Morgan fingerprint density at radius 2 is 1.57 bits per heavy atom. The van der Waals surface area contributed by atoms with E-state index in [4.69, 9.17) is 11.1 Å². The molecule has 1 rings (SSSR count). The summed E-state index contributed by atoms with van der Waals surface area (Å²) in [5, 5.41) is 0. The summed E-state index contributed by atoms with van der Waals surface area (Å²) in [6.45, 7) is 0. The van der Waals surface area contributed by atoms with E-state index in [9.17, 15) is 0 Å². The summed E-state index contributed by atoms with van der Waals surface area (Å²) in [5.41, 5.74) is 0. The van der Waals surface area contributed by atoms with Gasteiger partial charge in [-0.1, -0.05) is 0 Å². The molecule has 0 aromatic carbocycles. The number of rotatable bonds is 0. The lowest BCUT2D eigenvalue weighted by molar-refractivity contribution is 3.66. The van der Waals surface area contributed by atoms with E-state index in [2.05, 4.69) is 0 Å². The maximum Gasteiger partial charge on any atom is 0.104 e. The molecule has 0 nitrogen and oxygen atoms in total. The van der Waals surface area contributed by atoms with E-state index in [1.54, 1.807) is 0 Å². The number of halogens is 1. The molecule has 7 heteroatoms. The average molecular weight is 215 g/mol. The van der Waals surface area contributed by atoms with Gasteiger partial charge in [-0.15, -0.1) is 0 Å². The molecule has 1 fully saturated rings. The van der Waals surface area contributed by atoms with Crippen LogP contribution in [-0.2, 0) is 0 Å². The second-order valence-corrected chi connectivity index (χ2v) is 60.4. The summed E-state index contributed by atoms with van der Waals surface area (Å²) in [7, 11) is 3.44. The highest BCUT2D eigenvalue weighted by molar-refractivity contribution is 7.86. The SMILES string of the molecule is Cl[SiH]1[SiH2][SiH2][SiH2][SiH2][SiH2]1. The van der Waals surface area contributed by atoms with Crippen molar-refractivity contribution < 1.29 is 0 Å². The predicted molar refractivity (Wildman–Crippen MR) is 55.7 cm³/mol. The fourth-order valence-electron chi connectivity index (χ4n) is 1.05. The van der Waals surface area contributed by atoms with Gasteiger partial charge in [0.25, 0.3) is 0 Å². The van der Waals surface area contributed by atoms with Crippen molar-refractivity contribution in [3.8, 4) is 0 Å². The van der Waals surface area contributed by atoms with E-state index in [-0.39, 0.29) is 7.14 Å². The van der Waals surface area contributed by atoms with Gasteiger partial charge in [0.1, 0.15) is 7.14 Å². The van der Waals surface area contributed by atoms with Crippen molar-refractivity contribution in [1.29, 1.82) is 0 Å². The van der Waals surface area contributed by atoms with Crippen LogP contribution in [0.5, 0.6) is 0 Å². The summed E-state index contributed by atoms with van der Waals surface area (Å²) in [6.07, 6.45) is 0. The van der Waals surface area contributed by atoms with Crippen molar-refractivity contribution in [3.63, 3.8) is 0 Å². The molecular formula is H11ClSi6. The summed E-state index contributed by atoms with van der Waals surface area (Å²) >= 11 is 6.17. The molecule has 0 aromatic heterocycles. The molecule has 0 spiro atoms. The summed E-state index contributed by atoms with van der Waals surface area (Å²) in [5.74, 6) is 0. The van der Waals surface area contributed by atoms with E-state index in [0.29, 0.717) is 17.1 Å². The first-order valence-corrected chi connectivity index (χ1v) is 27.3. The third kappa shape index (κ3) is 2.58. The Labute approximate surface area is 61.0 Å². The van der Waals surface area contributed by atoms with Crippen LogP contribution >= 0.6 is 11.1 Å².